The number of nitrogens with zero attached hydrogens (tertiary/aromatic N) is 3. The molecule has 3 heterocycles. The molecule has 0 amide bonds. The zero-order chi connectivity index (χ0) is 11.5. The van der Waals surface area contributed by atoms with Crippen molar-refractivity contribution >= 4 is 0 Å². The number of nitrogens with one attached hydrogen (secondary N) is 2. The molecule has 0 atom stereocenters. The molecule has 0 aromatic carbocycles. The third-order valence-electron chi connectivity index (χ3n) is 3.12. The van der Waals surface area contributed by atoms with Crippen LogP contribution in [0, 0.1) is 0 Å². The van der Waals surface area contributed by atoms with E-state index in [2.05, 4.69) is 25.5 Å². The molecule has 1 aliphatic heterocycles. The predicted molar refractivity (Wildman–Crippen MR) is 64.5 cm³/mol. The Morgan fingerprint density at radius 1 is 1.11 bits per heavy atom. The van der Waals surface area contributed by atoms with E-state index in [0.717, 1.165) is 37.4 Å². The van der Waals surface area contributed by atoms with Crippen molar-refractivity contribution in [3.8, 4) is 11.5 Å². The summed E-state index contributed by atoms with van der Waals surface area (Å²) in [5.41, 5.74) is 0.823. The summed E-state index contributed by atoms with van der Waals surface area (Å²) in [7, 11) is 0. The van der Waals surface area contributed by atoms with Crippen LogP contribution in [0.3, 0.4) is 0 Å². The normalized spacial score (nSPS) is 15.4. The molecular formula is C12H15Cl2N5-2. The molecule has 104 valence electrons. The van der Waals surface area contributed by atoms with Crippen molar-refractivity contribution < 1.29 is 24.8 Å². The van der Waals surface area contributed by atoms with Gasteiger partial charge in [-0.15, -0.1) is 0 Å². The van der Waals surface area contributed by atoms with Gasteiger partial charge in [-0.2, -0.15) is 5.10 Å². The fourth-order valence-corrected chi connectivity index (χ4v) is 2.16. The monoisotopic (exact) mass is 299 g/mol. The minimum absolute atomic E-state index is 0. The van der Waals surface area contributed by atoms with Crippen molar-refractivity contribution in [2.24, 2.45) is 0 Å². The minimum atomic E-state index is 0. The van der Waals surface area contributed by atoms with Crippen molar-refractivity contribution in [2.45, 2.75) is 18.8 Å². The first-order valence-corrected chi connectivity index (χ1v) is 5.98. The molecule has 2 aromatic rings. The summed E-state index contributed by atoms with van der Waals surface area (Å²) >= 11 is 0. The van der Waals surface area contributed by atoms with Gasteiger partial charge in [0, 0.05) is 12.1 Å². The Labute approximate surface area is 124 Å². The van der Waals surface area contributed by atoms with Gasteiger partial charge in [0.1, 0.15) is 11.5 Å². The number of hydrogen-bond acceptors (Lipinski definition) is 4. The number of rotatable bonds is 2. The molecule has 7 heteroatoms. The lowest BCUT2D eigenvalue weighted by Gasteiger charge is -2.19. The smallest absolute Gasteiger partial charge is 0.199 e. The highest BCUT2D eigenvalue weighted by Gasteiger charge is 2.19. The van der Waals surface area contributed by atoms with Crippen LogP contribution >= 0.6 is 0 Å². The number of halogens is 2. The van der Waals surface area contributed by atoms with Gasteiger partial charge >= 0.3 is 0 Å². The maximum atomic E-state index is 4.55. The van der Waals surface area contributed by atoms with Gasteiger partial charge in [0.05, 0.1) is 0 Å². The Morgan fingerprint density at radius 2 is 1.89 bits per heavy atom. The molecule has 0 spiro atoms. The first-order chi connectivity index (χ1) is 8.43. The molecule has 2 aromatic heterocycles. The minimum Gasteiger partial charge on any atom is -1.00 e. The van der Waals surface area contributed by atoms with Gasteiger partial charge in [-0.1, -0.05) is 6.07 Å². The molecule has 0 aliphatic carbocycles. The molecule has 19 heavy (non-hydrogen) atoms. The molecule has 1 saturated heterocycles. The van der Waals surface area contributed by atoms with Gasteiger partial charge < -0.3 is 30.1 Å². The van der Waals surface area contributed by atoms with Crippen molar-refractivity contribution in [3.05, 3.63) is 30.2 Å². The van der Waals surface area contributed by atoms with Gasteiger partial charge in [0.25, 0.3) is 0 Å². The van der Waals surface area contributed by atoms with Crippen LogP contribution in [0.5, 0.6) is 0 Å². The molecule has 1 fully saturated rings. The summed E-state index contributed by atoms with van der Waals surface area (Å²) in [5.74, 6) is 2.19. The van der Waals surface area contributed by atoms with Crippen molar-refractivity contribution in [1.29, 1.82) is 0 Å². The van der Waals surface area contributed by atoms with E-state index in [1.54, 1.807) is 6.20 Å². The van der Waals surface area contributed by atoms with E-state index in [4.69, 9.17) is 0 Å². The van der Waals surface area contributed by atoms with E-state index in [0.29, 0.717) is 11.7 Å². The summed E-state index contributed by atoms with van der Waals surface area (Å²) in [6.07, 6.45) is 4.00. The zero-order valence-corrected chi connectivity index (χ0v) is 11.8. The Hall–Kier alpha value is -1.17. The predicted octanol–water partition coefficient (Wildman–Crippen LogP) is -4.66. The summed E-state index contributed by atoms with van der Waals surface area (Å²) in [6, 6.07) is 5.77. The molecule has 3 rings (SSSR count). The fraction of sp³-hybridized carbons (Fsp3) is 0.417. The molecule has 1 aliphatic rings. The van der Waals surface area contributed by atoms with E-state index >= 15 is 0 Å². The molecule has 2 N–H and O–H groups in total. The van der Waals surface area contributed by atoms with Crippen molar-refractivity contribution in [3.63, 3.8) is 0 Å². The Balaban J connectivity index is 0.000000902. The van der Waals surface area contributed by atoms with Crippen LogP contribution in [0.1, 0.15) is 24.6 Å². The second-order valence-corrected chi connectivity index (χ2v) is 4.28. The van der Waals surface area contributed by atoms with Crippen LogP contribution in [0.4, 0.5) is 0 Å². The van der Waals surface area contributed by atoms with Gasteiger partial charge in [0.15, 0.2) is 5.82 Å². The topological polar surface area (TPSA) is 66.5 Å². The average molecular weight is 300 g/mol. The fourth-order valence-electron chi connectivity index (χ4n) is 2.16. The van der Waals surface area contributed by atoms with Crippen LogP contribution in [0.25, 0.3) is 11.5 Å². The summed E-state index contributed by atoms with van der Waals surface area (Å²) in [5, 5.41) is 10.6. The summed E-state index contributed by atoms with van der Waals surface area (Å²) < 4.78 is 0. The first kappa shape index (κ1) is 15.9. The lowest BCUT2D eigenvalue weighted by molar-refractivity contribution is -0.001000. The molecular weight excluding hydrogens is 285 g/mol. The molecule has 0 unspecified atom stereocenters. The molecule has 0 radical (unpaired) electrons. The Bertz CT molecular complexity index is 482. The maximum Gasteiger partial charge on any atom is 0.199 e. The second-order valence-electron chi connectivity index (χ2n) is 4.28. The van der Waals surface area contributed by atoms with E-state index in [-0.39, 0.29) is 24.8 Å². The number of H-pyrrole nitrogens is 1. The van der Waals surface area contributed by atoms with Crippen LogP contribution in [0.2, 0.25) is 0 Å². The third kappa shape index (κ3) is 3.65. The summed E-state index contributed by atoms with van der Waals surface area (Å²) in [4.78, 5) is 8.80. The summed E-state index contributed by atoms with van der Waals surface area (Å²) in [6.45, 7) is 2.12. The SMILES string of the molecule is [Cl-].[Cl-].c1ccc(-c2n[nH]c(C3CCNCC3)n2)nc1. The van der Waals surface area contributed by atoms with Gasteiger partial charge in [-0.05, 0) is 38.1 Å². The van der Waals surface area contributed by atoms with E-state index in [1.165, 1.54) is 0 Å². The average Bonchev–Trinajstić information content (AvgIpc) is 2.90. The van der Waals surface area contributed by atoms with Gasteiger partial charge in [0.2, 0.25) is 0 Å². The zero-order valence-electron chi connectivity index (χ0n) is 10.3. The van der Waals surface area contributed by atoms with E-state index in [1.807, 2.05) is 18.2 Å². The quantitative estimate of drug-likeness (QED) is 0.585. The lowest BCUT2D eigenvalue weighted by Crippen LogP contribution is -3.00. The number of aromatic amines is 1. The van der Waals surface area contributed by atoms with Crippen LogP contribution in [-0.4, -0.2) is 33.3 Å². The van der Waals surface area contributed by atoms with Crippen LogP contribution in [0.15, 0.2) is 24.4 Å². The van der Waals surface area contributed by atoms with Gasteiger partial charge in [-0.3, -0.25) is 10.1 Å². The van der Waals surface area contributed by atoms with Crippen LogP contribution < -0.4 is 30.1 Å². The van der Waals surface area contributed by atoms with Crippen LogP contribution in [-0.2, 0) is 0 Å². The van der Waals surface area contributed by atoms with E-state index < -0.39 is 0 Å². The Kier molecular flexibility index (Phi) is 6.21. The van der Waals surface area contributed by atoms with Gasteiger partial charge in [-0.25, -0.2) is 4.98 Å². The second kappa shape index (κ2) is 7.43. The third-order valence-corrected chi connectivity index (χ3v) is 3.12. The highest BCUT2D eigenvalue weighted by atomic mass is 35.5. The van der Waals surface area contributed by atoms with Crippen molar-refractivity contribution in [1.82, 2.24) is 25.5 Å². The molecule has 0 saturated carbocycles. The highest BCUT2D eigenvalue weighted by molar-refractivity contribution is 5.47. The van der Waals surface area contributed by atoms with E-state index in [9.17, 15) is 0 Å². The standard InChI is InChI=1S/C12H15N5.2ClH/c1-2-6-14-10(3-1)12-15-11(16-17-12)9-4-7-13-8-5-9;;/h1-3,6,9,13H,4-5,7-8H2,(H,15,16,17);2*1H/p-2. The number of piperidine rings is 1. The van der Waals surface area contributed by atoms with Crippen molar-refractivity contribution in [2.75, 3.05) is 13.1 Å². The number of pyridine rings is 1. The number of aromatic nitrogens is 4. The first-order valence-electron chi connectivity index (χ1n) is 5.98. The highest BCUT2D eigenvalue weighted by Crippen LogP contribution is 2.23. The lowest BCUT2D eigenvalue weighted by atomic mass is 9.98. The maximum absolute atomic E-state index is 4.55. The molecule has 5 nitrogen and oxygen atoms in total. The number of hydrogen-bond donors (Lipinski definition) is 2. The largest absolute Gasteiger partial charge is 1.00 e. The Morgan fingerprint density at radius 3 is 2.58 bits per heavy atom. The molecule has 0 bridgehead atoms.